The van der Waals surface area contributed by atoms with Gasteiger partial charge in [0, 0.05) is 68.0 Å². The number of rotatable bonds is 4. The van der Waals surface area contributed by atoms with E-state index in [1.54, 1.807) is 37.6 Å². The molecule has 1 aromatic heterocycles. The standard InChI is InChI=1S/C30H32ClFN4O2/c1-30(2,3)35-13-11-34(12-14-35)23-7-5-6-20(16-23)24-18-22(32)19-25(28(24)37)21-8-9-27(26(31)17-21)36-15-10-33(4)29(36)38/h5-10,15-19,37H,11-14H2,1-4H3. The van der Waals surface area contributed by atoms with Gasteiger partial charge in [0.15, 0.2) is 0 Å². The second kappa shape index (κ2) is 9.97. The Hall–Kier alpha value is -3.55. The Balaban J connectivity index is 1.47. The molecule has 0 atom stereocenters. The van der Waals surface area contributed by atoms with Crippen LogP contribution in [0.2, 0.25) is 5.02 Å². The van der Waals surface area contributed by atoms with Crippen molar-refractivity contribution in [1.82, 2.24) is 14.0 Å². The minimum absolute atomic E-state index is 0.0261. The first-order chi connectivity index (χ1) is 18.0. The number of phenolic OH excluding ortho intramolecular Hbond substituents is 1. The molecule has 1 aliphatic rings. The average Bonchev–Trinajstić information content (AvgIpc) is 3.22. The molecule has 0 unspecified atom stereocenters. The number of phenols is 1. The number of halogens is 2. The molecule has 5 rings (SSSR count). The van der Waals surface area contributed by atoms with Crippen LogP contribution < -0.4 is 10.6 Å². The summed E-state index contributed by atoms with van der Waals surface area (Å²) < 4.78 is 17.8. The first-order valence-corrected chi connectivity index (χ1v) is 13.1. The second-order valence-corrected chi connectivity index (χ2v) is 11.2. The molecular weight excluding hydrogens is 503 g/mol. The van der Waals surface area contributed by atoms with Crippen molar-refractivity contribution in [1.29, 1.82) is 0 Å². The summed E-state index contributed by atoms with van der Waals surface area (Å²) >= 11 is 6.54. The molecule has 0 aliphatic carbocycles. The molecule has 6 nitrogen and oxygen atoms in total. The molecule has 0 spiro atoms. The van der Waals surface area contributed by atoms with Crippen LogP contribution in [0.4, 0.5) is 10.1 Å². The Kier molecular flexibility index (Phi) is 6.84. The molecule has 1 N–H and O–H groups in total. The molecule has 0 saturated carbocycles. The Morgan fingerprint density at radius 3 is 2.13 bits per heavy atom. The first kappa shape index (κ1) is 26.1. The fourth-order valence-electron chi connectivity index (χ4n) is 5.06. The van der Waals surface area contributed by atoms with E-state index in [9.17, 15) is 14.3 Å². The van der Waals surface area contributed by atoms with Crippen LogP contribution >= 0.6 is 11.6 Å². The van der Waals surface area contributed by atoms with E-state index in [4.69, 9.17) is 11.6 Å². The molecule has 4 aromatic rings. The minimum Gasteiger partial charge on any atom is -0.507 e. The molecule has 3 aromatic carbocycles. The smallest absolute Gasteiger partial charge is 0.332 e. The van der Waals surface area contributed by atoms with Crippen molar-refractivity contribution < 1.29 is 9.50 Å². The quantitative estimate of drug-likeness (QED) is 0.353. The fourth-order valence-corrected chi connectivity index (χ4v) is 5.33. The Morgan fingerprint density at radius 1 is 0.895 bits per heavy atom. The normalized spacial score (nSPS) is 14.7. The van der Waals surface area contributed by atoms with E-state index in [-0.39, 0.29) is 17.0 Å². The third-order valence-corrected chi connectivity index (χ3v) is 7.59. The van der Waals surface area contributed by atoms with E-state index in [1.165, 1.54) is 21.3 Å². The van der Waals surface area contributed by atoms with Crippen molar-refractivity contribution in [2.75, 3.05) is 31.1 Å². The molecule has 38 heavy (non-hydrogen) atoms. The Morgan fingerprint density at radius 2 is 1.55 bits per heavy atom. The molecule has 0 radical (unpaired) electrons. The highest BCUT2D eigenvalue weighted by Crippen LogP contribution is 2.41. The lowest BCUT2D eigenvalue weighted by atomic mass is 9.96. The van der Waals surface area contributed by atoms with Gasteiger partial charge in [0.2, 0.25) is 0 Å². The summed E-state index contributed by atoms with van der Waals surface area (Å²) in [5.41, 5.74) is 3.49. The number of hydrogen-bond donors (Lipinski definition) is 1. The van der Waals surface area contributed by atoms with Crippen LogP contribution in [-0.2, 0) is 7.05 Å². The number of nitrogens with zero attached hydrogens (tertiary/aromatic N) is 4. The second-order valence-electron chi connectivity index (χ2n) is 10.8. The summed E-state index contributed by atoms with van der Waals surface area (Å²) in [6.45, 7) is 10.4. The SMILES string of the molecule is Cn1ccn(-c2ccc(-c3cc(F)cc(-c4cccc(N5CCN(C(C)(C)C)CC5)c4)c3O)cc2Cl)c1=O. The molecule has 8 heteroatoms. The number of hydrogen-bond acceptors (Lipinski definition) is 4. The molecule has 1 aliphatic heterocycles. The molecular formula is C30H32ClFN4O2. The highest BCUT2D eigenvalue weighted by Gasteiger charge is 2.26. The number of aryl methyl sites for hydroxylation is 1. The number of piperazine rings is 1. The average molecular weight is 535 g/mol. The summed E-state index contributed by atoms with van der Waals surface area (Å²) in [7, 11) is 1.66. The van der Waals surface area contributed by atoms with Crippen molar-refractivity contribution in [3.63, 3.8) is 0 Å². The van der Waals surface area contributed by atoms with Crippen LogP contribution in [0.25, 0.3) is 27.9 Å². The van der Waals surface area contributed by atoms with E-state index < -0.39 is 5.82 Å². The van der Waals surface area contributed by atoms with Gasteiger partial charge < -0.3 is 14.6 Å². The van der Waals surface area contributed by atoms with E-state index in [0.717, 1.165) is 37.4 Å². The van der Waals surface area contributed by atoms with Crippen LogP contribution in [-0.4, -0.2) is 50.9 Å². The molecule has 2 heterocycles. The number of aromatic nitrogens is 2. The minimum atomic E-state index is -0.462. The topological polar surface area (TPSA) is 53.6 Å². The Labute approximate surface area is 227 Å². The first-order valence-electron chi connectivity index (χ1n) is 12.7. The van der Waals surface area contributed by atoms with Gasteiger partial charge in [-0.05, 0) is 68.3 Å². The lowest BCUT2D eigenvalue weighted by Gasteiger charge is -2.43. The van der Waals surface area contributed by atoms with Crippen molar-refractivity contribution in [2.45, 2.75) is 26.3 Å². The zero-order chi connectivity index (χ0) is 27.2. The summed E-state index contributed by atoms with van der Waals surface area (Å²) in [4.78, 5) is 17.2. The zero-order valence-electron chi connectivity index (χ0n) is 22.1. The van der Waals surface area contributed by atoms with Crippen molar-refractivity contribution >= 4 is 17.3 Å². The molecule has 1 saturated heterocycles. The summed E-state index contributed by atoms with van der Waals surface area (Å²) in [6.07, 6.45) is 3.28. The molecule has 1 fully saturated rings. The van der Waals surface area contributed by atoms with Crippen molar-refractivity contribution in [3.8, 4) is 33.7 Å². The predicted octanol–water partition coefficient (Wildman–Crippen LogP) is 5.93. The zero-order valence-corrected chi connectivity index (χ0v) is 22.8. The van der Waals surface area contributed by atoms with Gasteiger partial charge in [-0.25, -0.2) is 9.18 Å². The van der Waals surface area contributed by atoms with Gasteiger partial charge in [-0.2, -0.15) is 0 Å². The summed E-state index contributed by atoms with van der Waals surface area (Å²) in [5, 5.41) is 11.6. The van der Waals surface area contributed by atoms with Gasteiger partial charge in [-0.3, -0.25) is 9.47 Å². The predicted molar refractivity (Wildman–Crippen MR) is 152 cm³/mol. The molecule has 0 bridgehead atoms. The van der Waals surface area contributed by atoms with Gasteiger partial charge in [-0.1, -0.05) is 29.8 Å². The van der Waals surface area contributed by atoms with Gasteiger partial charge in [0.1, 0.15) is 11.6 Å². The number of benzene rings is 3. The number of aromatic hydroxyl groups is 1. The van der Waals surface area contributed by atoms with E-state index in [1.807, 2.05) is 18.2 Å². The van der Waals surface area contributed by atoms with Crippen LogP contribution in [0.15, 0.2) is 71.8 Å². The molecule has 0 amide bonds. The van der Waals surface area contributed by atoms with Crippen LogP contribution in [0, 0.1) is 5.82 Å². The highest BCUT2D eigenvalue weighted by molar-refractivity contribution is 6.32. The number of anilines is 1. The van der Waals surface area contributed by atoms with Crippen molar-refractivity contribution in [3.05, 3.63) is 88.3 Å². The van der Waals surface area contributed by atoms with E-state index in [2.05, 4.69) is 36.6 Å². The lowest BCUT2D eigenvalue weighted by Crippen LogP contribution is -2.53. The van der Waals surface area contributed by atoms with Crippen LogP contribution in [0.1, 0.15) is 20.8 Å². The van der Waals surface area contributed by atoms with Crippen LogP contribution in [0.5, 0.6) is 5.75 Å². The monoisotopic (exact) mass is 534 g/mol. The highest BCUT2D eigenvalue weighted by atomic mass is 35.5. The van der Waals surface area contributed by atoms with Gasteiger partial charge >= 0.3 is 5.69 Å². The van der Waals surface area contributed by atoms with Gasteiger partial charge in [0.25, 0.3) is 0 Å². The van der Waals surface area contributed by atoms with E-state index in [0.29, 0.717) is 27.4 Å². The third-order valence-electron chi connectivity index (χ3n) is 7.29. The Bertz CT molecular complexity index is 1540. The van der Waals surface area contributed by atoms with Gasteiger partial charge in [-0.15, -0.1) is 0 Å². The van der Waals surface area contributed by atoms with Gasteiger partial charge in [0.05, 0.1) is 10.7 Å². The maximum Gasteiger partial charge on any atom is 0.332 e. The summed E-state index contributed by atoms with van der Waals surface area (Å²) in [6, 6.07) is 15.6. The maximum absolute atomic E-state index is 14.9. The lowest BCUT2D eigenvalue weighted by molar-refractivity contribution is 0.128. The van der Waals surface area contributed by atoms with E-state index >= 15 is 0 Å². The van der Waals surface area contributed by atoms with Crippen molar-refractivity contribution in [2.24, 2.45) is 7.05 Å². The number of imidazole rings is 1. The maximum atomic E-state index is 14.9. The summed E-state index contributed by atoms with van der Waals surface area (Å²) in [5.74, 6) is -0.488. The fraction of sp³-hybridized carbons (Fsp3) is 0.300. The van der Waals surface area contributed by atoms with Crippen LogP contribution in [0.3, 0.4) is 0 Å². The molecule has 198 valence electrons. The third kappa shape index (κ3) is 4.96. The largest absolute Gasteiger partial charge is 0.507 e.